The number of hydrogen-bond acceptors (Lipinski definition) is 6. The average Bonchev–Trinajstić information content (AvgIpc) is 2.48. The lowest BCUT2D eigenvalue weighted by molar-refractivity contribution is -0.384. The van der Waals surface area contributed by atoms with Gasteiger partial charge in [-0.05, 0) is 5.56 Å². The van der Waals surface area contributed by atoms with E-state index in [2.05, 4.69) is 15.3 Å². The Labute approximate surface area is 128 Å². The Hall–Kier alpha value is -3.01. The molecule has 1 aromatic heterocycles. The van der Waals surface area contributed by atoms with Gasteiger partial charge in [-0.25, -0.2) is 0 Å². The van der Waals surface area contributed by atoms with Crippen LogP contribution in [0.2, 0.25) is 0 Å². The standard InChI is InChI=1S/C13H14N4O6/c1-6(13(20)21)4-14-5-7-2-8(17(22)23)3-9-10(7)16-12(19)11(18)15-9/h2-3,6,14H,4-5H2,1H3,(H,15,18)(H,16,19)(H,20,21). The number of rotatable bonds is 6. The predicted octanol–water partition coefficient (Wildman–Crippen LogP) is -0.0651. The van der Waals surface area contributed by atoms with Crippen LogP contribution in [0, 0.1) is 16.0 Å². The summed E-state index contributed by atoms with van der Waals surface area (Å²) in [6, 6.07) is 2.41. The van der Waals surface area contributed by atoms with Crippen LogP contribution >= 0.6 is 0 Å². The quantitative estimate of drug-likeness (QED) is 0.329. The van der Waals surface area contributed by atoms with Gasteiger partial charge in [-0.3, -0.25) is 24.5 Å². The zero-order valence-electron chi connectivity index (χ0n) is 12.1. The van der Waals surface area contributed by atoms with E-state index >= 15 is 0 Å². The molecule has 0 fully saturated rings. The Kier molecular flexibility index (Phi) is 4.55. The van der Waals surface area contributed by atoms with Crippen molar-refractivity contribution in [3.63, 3.8) is 0 Å². The minimum atomic E-state index is -0.973. The summed E-state index contributed by atoms with van der Waals surface area (Å²) in [5, 5.41) is 22.6. The van der Waals surface area contributed by atoms with Crippen LogP contribution in [0.3, 0.4) is 0 Å². The van der Waals surface area contributed by atoms with E-state index in [1.165, 1.54) is 13.0 Å². The Morgan fingerprint density at radius 2 is 2.00 bits per heavy atom. The molecule has 122 valence electrons. The van der Waals surface area contributed by atoms with Gasteiger partial charge in [0.25, 0.3) is 5.69 Å². The summed E-state index contributed by atoms with van der Waals surface area (Å²) < 4.78 is 0. The highest BCUT2D eigenvalue weighted by Gasteiger charge is 2.15. The van der Waals surface area contributed by atoms with Crippen molar-refractivity contribution in [2.45, 2.75) is 13.5 Å². The van der Waals surface area contributed by atoms with Gasteiger partial charge in [0.2, 0.25) is 0 Å². The lowest BCUT2D eigenvalue weighted by Crippen LogP contribution is -2.30. The van der Waals surface area contributed by atoms with Crippen molar-refractivity contribution >= 4 is 22.7 Å². The van der Waals surface area contributed by atoms with Gasteiger partial charge in [-0.2, -0.15) is 0 Å². The number of aromatic nitrogens is 2. The first-order valence-corrected chi connectivity index (χ1v) is 6.66. The molecule has 1 atom stereocenters. The Morgan fingerprint density at radius 3 is 2.61 bits per heavy atom. The maximum absolute atomic E-state index is 11.4. The first kappa shape index (κ1) is 16.4. The SMILES string of the molecule is CC(CNCc1cc([N+](=O)[O-])cc2[nH]c(=O)c(=O)[nH]c12)C(=O)O. The van der Waals surface area contributed by atoms with Crippen molar-refractivity contribution in [3.8, 4) is 0 Å². The minimum Gasteiger partial charge on any atom is -0.481 e. The third-order valence-electron chi connectivity index (χ3n) is 3.30. The lowest BCUT2D eigenvalue weighted by atomic mass is 10.1. The van der Waals surface area contributed by atoms with E-state index in [0.29, 0.717) is 5.56 Å². The van der Waals surface area contributed by atoms with Gasteiger partial charge in [0.1, 0.15) is 0 Å². The number of fused-ring (bicyclic) bond motifs is 1. The summed E-state index contributed by atoms with van der Waals surface area (Å²) in [5.41, 5.74) is -1.26. The number of H-pyrrole nitrogens is 2. The number of non-ortho nitro benzene ring substituents is 1. The van der Waals surface area contributed by atoms with Crippen LogP contribution in [-0.2, 0) is 11.3 Å². The minimum absolute atomic E-state index is 0.0950. The summed E-state index contributed by atoms with van der Waals surface area (Å²) >= 11 is 0. The highest BCUT2D eigenvalue weighted by molar-refractivity contribution is 5.80. The second kappa shape index (κ2) is 6.40. The number of nitro benzene ring substituents is 1. The van der Waals surface area contributed by atoms with Gasteiger partial charge in [0.15, 0.2) is 0 Å². The molecular formula is C13H14N4O6. The molecule has 1 heterocycles. The molecule has 0 saturated heterocycles. The van der Waals surface area contributed by atoms with E-state index in [-0.39, 0.29) is 29.8 Å². The van der Waals surface area contributed by atoms with Crippen molar-refractivity contribution < 1.29 is 14.8 Å². The number of benzene rings is 1. The summed E-state index contributed by atoms with van der Waals surface area (Å²) in [4.78, 5) is 48.6. The molecule has 0 radical (unpaired) electrons. The third kappa shape index (κ3) is 3.61. The topological polar surface area (TPSA) is 158 Å². The molecule has 4 N–H and O–H groups in total. The van der Waals surface area contributed by atoms with Gasteiger partial charge >= 0.3 is 17.1 Å². The molecule has 10 nitrogen and oxygen atoms in total. The average molecular weight is 322 g/mol. The van der Waals surface area contributed by atoms with E-state index in [9.17, 15) is 24.5 Å². The molecule has 10 heteroatoms. The number of aliphatic carboxylic acids is 1. The van der Waals surface area contributed by atoms with Crippen LogP contribution in [-0.4, -0.2) is 32.5 Å². The molecule has 2 rings (SSSR count). The smallest absolute Gasteiger partial charge is 0.314 e. The molecule has 0 saturated carbocycles. The molecule has 23 heavy (non-hydrogen) atoms. The van der Waals surface area contributed by atoms with Gasteiger partial charge in [0.05, 0.1) is 21.9 Å². The summed E-state index contributed by atoms with van der Waals surface area (Å²) in [6.07, 6.45) is 0. The highest BCUT2D eigenvalue weighted by atomic mass is 16.6. The lowest BCUT2D eigenvalue weighted by Gasteiger charge is -2.10. The molecule has 0 aliphatic heterocycles. The van der Waals surface area contributed by atoms with E-state index in [1.54, 1.807) is 0 Å². The molecule has 0 aliphatic carbocycles. The van der Waals surface area contributed by atoms with Crippen molar-refractivity contribution in [2.75, 3.05) is 6.54 Å². The van der Waals surface area contributed by atoms with E-state index in [0.717, 1.165) is 6.07 Å². The summed E-state index contributed by atoms with van der Waals surface area (Å²) in [5.74, 6) is -1.61. The number of nitrogens with one attached hydrogen (secondary N) is 3. The van der Waals surface area contributed by atoms with Crippen LogP contribution in [0.4, 0.5) is 5.69 Å². The summed E-state index contributed by atoms with van der Waals surface area (Å²) in [6.45, 7) is 1.76. The Morgan fingerprint density at radius 1 is 1.35 bits per heavy atom. The summed E-state index contributed by atoms with van der Waals surface area (Å²) in [7, 11) is 0. The van der Waals surface area contributed by atoms with Gasteiger partial charge in [-0.1, -0.05) is 6.92 Å². The normalized spacial score (nSPS) is 12.2. The second-order valence-corrected chi connectivity index (χ2v) is 5.06. The molecule has 2 aromatic rings. The van der Waals surface area contributed by atoms with Gasteiger partial charge in [-0.15, -0.1) is 0 Å². The third-order valence-corrected chi connectivity index (χ3v) is 3.30. The Balaban J connectivity index is 2.41. The van der Waals surface area contributed by atoms with Crippen LogP contribution in [0.15, 0.2) is 21.7 Å². The molecule has 0 bridgehead atoms. The molecule has 1 unspecified atom stereocenters. The van der Waals surface area contributed by atoms with Crippen LogP contribution in [0.5, 0.6) is 0 Å². The first-order chi connectivity index (χ1) is 10.8. The molecule has 0 spiro atoms. The van der Waals surface area contributed by atoms with Crippen molar-refractivity contribution in [3.05, 3.63) is 48.5 Å². The highest BCUT2D eigenvalue weighted by Crippen LogP contribution is 2.21. The van der Waals surface area contributed by atoms with E-state index < -0.39 is 27.9 Å². The molecule has 1 aromatic carbocycles. The zero-order chi connectivity index (χ0) is 17.1. The number of carbonyl (C=O) groups is 1. The van der Waals surface area contributed by atoms with Gasteiger partial charge in [0, 0.05) is 25.2 Å². The Bertz CT molecular complexity index is 884. The maximum atomic E-state index is 11.4. The number of carboxylic acids is 1. The fourth-order valence-corrected chi connectivity index (χ4v) is 2.04. The maximum Gasteiger partial charge on any atom is 0.314 e. The van der Waals surface area contributed by atoms with Crippen LogP contribution in [0.1, 0.15) is 12.5 Å². The monoisotopic (exact) mass is 322 g/mol. The number of nitrogens with zero attached hydrogens (tertiary/aromatic N) is 1. The van der Waals surface area contributed by atoms with Crippen molar-refractivity contribution in [2.24, 2.45) is 5.92 Å². The number of nitro groups is 1. The van der Waals surface area contributed by atoms with Crippen molar-refractivity contribution in [1.82, 2.24) is 15.3 Å². The second-order valence-electron chi connectivity index (χ2n) is 5.06. The van der Waals surface area contributed by atoms with Gasteiger partial charge < -0.3 is 20.4 Å². The fourth-order valence-electron chi connectivity index (χ4n) is 2.04. The van der Waals surface area contributed by atoms with Crippen LogP contribution < -0.4 is 16.4 Å². The van der Waals surface area contributed by atoms with Crippen LogP contribution in [0.25, 0.3) is 11.0 Å². The molecular weight excluding hydrogens is 308 g/mol. The largest absolute Gasteiger partial charge is 0.481 e. The predicted molar refractivity (Wildman–Crippen MR) is 80.4 cm³/mol. The first-order valence-electron chi connectivity index (χ1n) is 6.66. The number of hydrogen-bond donors (Lipinski definition) is 4. The van der Waals surface area contributed by atoms with E-state index in [1.807, 2.05) is 0 Å². The van der Waals surface area contributed by atoms with Crippen molar-refractivity contribution in [1.29, 1.82) is 0 Å². The van der Waals surface area contributed by atoms with E-state index in [4.69, 9.17) is 5.11 Å². The zero-order valence-corrected chi connectivity index (χ0v) is 12.1. The number of carboxylic acid groups (broad SMARTS) is 1. The number of aromatic amines is 2. The fraction of sp³-hybridized carbons (Fsp3) is 0.308. The molecule has 0 aliphatic rings. The molecule has 0 amide bonds.